The van der Waals surface area contributed by atoms with Crippen molar-refractivity contribution in [3.05, 3.63) is 35.9 Å². The van der Waals surface area contributed by atoms with E-state index in [1.807, 2.05) is 12.1 Å². The normalized spacial score (nSPS) is 15.6. The van der Waals surface area contributed by atoms with Crippen LogP contribution >= 0.6 is 11.6 Å². The molecule has 0 aromatic carbocycles. The third-order valence-electron chi connectivity index (χ3n) is 4.10. The minimum absolute atomic E-state index is 0.0459. The van der Waals surface area contributed by atoms with Crippen molar-refractivity contribution >= 4 is 23.2 Å². The smallest absolute Gasteiger partial charge is 0.227 e. The number of ether oxygens (including phenoxy) is 1. The summed E-state index contributed by atoms with van der Waals surface area (Å²) in [5.74, 6) is 0.426. The highest BCUT2D eigenvalue weighted by atomic mass is 35.5. The molecule has 0 radical (unpaired) electrons. The zero-order valence-electron chi connectivity index (χ0n) is 13.0. The monoisotopic (exact) mass is 334 g/mol. The van der Waals surface area contributed by atoms with Gasteiger partial charge in [-0.25, -0.2) is 4.68 Å². The second kappa shape index (κ2) is 7.10. The highest BCUT2D eigenvalue weighted by Crippen LogP contribution is 2.27. The quantitative estimate of drug-likeness (QED) is 0.862. The standard InChI is InChI=1S/C16H19ClN4O2/c1-20(15(22)9-12-4-7-23-8-5-12)14-11-21(19-16(14)17)13-3-2-6-18-10-13/h2-3,6,10-12H,4-5,7-9H2,1H3. The Morgan fingerprint density at radius 1 is 1.48 bits per heavy atom. The zero-order chi connectivity index (χ0) is 16.2. The van der Waals surface area contributed by atoms with Crippen molar-refractivity contribution in [2.45, 2.75) is 19.3 Å². The van der Waals surface area contributed by atoms with E-state index in [-0.39, 0.29) is 5.91 Å². The number of carbonyl (C=O) groups is 1. The summed E-state index contributed by atoms with van der Waals surface area (Å²) in [6.07, 6.45) is 7.51. The highest BCUT2D eigenvalue weighted by Gasteiger charge is 2.23. The average molecular weight is 335 g/mol. The number of hydrogen-bond donors (Lipinski definition) is 0. The summed E-state index contributed by atoms with van der Waals surface area (Å²) in [5, 5.41) is 4.56. The molecule has 1 saturated heterocycles. The van der Waals surface area contributed by atoms with Crippen molar-refractivity contribution in [1.82, 2.24) is 14.8 Å². The maximum absolute atomic E-state index is 12.5. The molecular weight excluding hydrogens is 316 g/mol. The number of hydrogen-bond acceptors (Lipinski definition) is 4. The summed E-state index contributed by atoms with van der Waals surface area (Å²) in [5.41, 5.74) is 1.40. The average Bonchev–Trinajstić information content (AvgIpc) is 2.97. The van der Waals surface area contributed by atoms with E-state index >= 15 is 0 Å². The summed E-state index contributed by atoms with van der Waals surface area (Å²) in [6, 6.07) is 3.70. The van der Waals surface area contributed by atoms with Gasteiger partial charge in [-0.1, -0.05) is 11.6 Å². The van der Waals surface area contributed by atoms with E-state index < -0.39 is 0 Å². The molecule has 1 aliphatic heterocycles. The fourth-order valence-electron chi connectivity index (χ4n) is 2.66. The van der Waals surface area contributed by atoms with Crippen molar-refractivity contribution in [3.8, 4) is 5.69 Å². The first-order chi connectivity index (χ1) is 11.1. The Labute approximate surface area is 140 Å². The molecule has 0 N–H and O–H groups in total. The first-order valence-corrected chi connectivity index (χ1v) is 8.03. The molecule has 2 aromatic rings. The Hall–Kier alpha value is -1.92. The molecule has 0 unspecified atom stereocenters. The summed E-state index contributed by atoms with van der Waals surface area (Å²) in [6.45, 7) is 1.47. The Morgan fingerprint density at radius 3 is 2.96 bits per heavy atom. The van der Waals surface area contributed by atoms with Gasteiger partial charge in [-0.15, -0.1) is 0 Å². The molecule has 0 saturated carbocycles. The first-order valence-electron chi connectivity index (χ1n) is 7.65. The van der Waals surface area contributed by atoms with Crippen LogP contribution in [0.2, 0.25) is 5.15 Å². The van der Waals surface area contributed by atoms with Crippen LogP contribution in [0.5, 0.6) is 0 Å². The zero-order valence-corrected chi connectivity index (χ0v) is 13.7. The first kappa shape index (κ1) is 16.0. The predicted molar refractivity (Wildman–Crippen MR) is 87.9 cm³/mol. The van der Waals surface area contributed by atoms with Gasteiger partial charge < -0.3 is 9.64 Å². The van der Waals surface area contributed by atoms with Crippen LogP contribution < -0.4 is 4.90 Å². The summed E-state index contributed by atoms with van der Waals surface area (Å²) in [4.78, 5) is 18.1. The fraction of sp³-hybridized carbons (Fsp3) is 0.438. The Bertz CT molecular complexity index is 668. The largest absolute Gasteiger partial charge is 0.381 e. The Balaban J connectivity index is 1.73. The van der Waals surface area contributed by atoms with E-state index in [2.05, 4.69) is 10.1 Å². The predicted octanol–water partition coefficient (Wildman–Crippen LogP) is 2.70. The van der Waals surface area contributed by atoms with Crippen LogP contribution in [-0.4, -0.2) is 40.9 Å². The van der Waals surface area contributed by atoms with Gasteiger partial charge in [0.25, 0.3) is 0 Å². The van der Waals surface area contributed by atoms with Gasteiger partial charge in [0.2, 0.25) is 5.91 Å². The molecule has 3 rings (SSSR count). The molecule has 0 atom stereocenters. The third-order valence-corrected chi connectivity index (χ3v) is 4.37. The van der Waals surface area contributed by atoms with Gasteiger partial charge >= 0.3 is 0 Å². The molecule has 0 bridgehead atoms. The van der Waals surface area contributed by atoms with E-state index in [1.54, 1.807) is 35.2 Å². The molecule has 7 heteroatoms. The van der Waals surface area contributed by atoms with Crippen LogP contribution in [0.15, 0.2) is 30.7 Å². The van der Waals surface area contributed by atoms with Crippen molar-refractivity contribution in [2.24, 2.45) is 5.92 Å². The topological polar surface area (TPSA) is 60.2 Å². The number of amides is 1. The van der Waals surface area contributed by atoms with Gasteiger partial charge in [0.15, 0.2) is 5.15 Å². The lowest BCUT2D eigenvalue weighted by Gasteiger charge is -2.24. The van der Waals surface area contributed by atoms with Crippen LogP contribution in [0.1, 0.15) is 19.3 Å². The van der Waals surface area contributed by atoms with Crippen LogP contribution in [0.4, 0.5) is 5.69 Å². The van der Waals surface area contributed by atoms with E-state index in [9.17, 15) is 4.79 Å². The van der Waals surface area contributed by atoms with Crippen molar-refractivity contribution in [3.63, 3.8) is 0 Å². The number of rotatable bonds is 4. The van der Waals surface area contributed by atoms with Crippen molar-refractivity contribution in [1.29, 1.82) is 0 Å². The molecular formula is C16H19ClN4O2. The van der Waals surface area contributed by atoms with Crippen molar-refractivity contribution < 1.29 is 9.53 Å². The van der Waals surface area contributed by atoms with Gasteiger partial charge in [0.05, 0.1) is 18.1 Å². The molecule has 122 valence electrons. The van der Waals surface area contributed by atoms with Gasteiger partial charge in [0, 0.05) is 32.9 Å². The number of aromatic nitrogens is 3. The minimum atomic E-state index is 0.0459. The molecule has 1 aliphatic rings. The number of anilines is 1. The second-order valence-corrected chi connectivity index (χ2v) is 6.03. The van der Waals surface area contributed by atoms with Gasteiger partial charge in [-0.3, -0.25) is 9.78 Å². The van der Waals surface area contributed by atoms with Crippen molar-refractivity contribution in [2.75, 3.05) is 25.2 Å². The minimum Gasteiger partial charge on any atom is -0.381 e. The van der Waals surface area contributed by atoms with E-state index in [0.29, 0.717) is 23.2 Å². The number of nitrogens with zero attached hydrogens (tertiary/aromatic N) is 4. The van der Waals surface area contributed by atoms with E-state index in [4.69, 9.17) is 16.3 Å². The molecule has 2 aromatic heterocycles. The molecule has 0 spiro atoms. The lowest BCUT2D eigenvalue weighted by Crippen LogP contribution is -2.30. The van der Waals surface area contributed by atoms with Gasteiger partial charge in [0.1, 0.15) is 5.69 Å². The Kier molecular flexibility index (Phi) is 4.93. The number of halogens is 1. The van der Waals surface area contributed by atoms with E-state index in [0.717, 1.165) is 31.7 Å². The second-order valence-electron chi connectivity index (χ2n) is 5.67. The summed E-state index contributed by atoms with van der Waals surface area (Å²) < 4.78 is 6.96. The molecule has 6 nitrogen and oxygen atoms in total. The van der Waals surface area contributed by atoms with Gasteiger partial charge in [-0.05, 0) is 30.9 Å². The van der Waals surface area contributed by atoms with Crippen LogP contribution in [0.3, 0.4) is 0 Å². The molecule has 3 heterocycles. The fourth-order valence-corrected chi connectivity index (χ4v) is 2.92. The summed E-state index contributed by atoms with van der Waals surface area (Å²) in [7, 11) is 1.73. The van der Waals surface area contributed by atoms with Crippen LogP contribution in [-0.2, 0) is 9.53 Å². The van der Waals surface area contributed by atoms with E-state index in [1.165, 1.54) is 0 Å². The molecule has 23 heavy (non-hydrogen) atoms. The number of carbonyl (C=O) groups excluding carboxylic acids is 1. The lowest BCUT2D eigenvalue weighted by atomic mass is 9.96. The maximum Gasteiger partial charge on any atom is 0.227 e. The van der Waals surface area contributed by atoms with Crippen LogP contribution in [0, 0.1) is 5.92 Å². The SMILES string of the molecule is CN(C(=O)CC1CCOCC1)c1cn(-c2cccnc2)nc1Cl. The molecule has 1 amide bonds. The maximum atomic E-state index is 12.5. The highest BCUT2D eigenvalue weighted by molar-refractivity contribution is 6.32. The van der Waals surface area contributed by atoms with Crippen LogP contribution in [0.25, 0.3) is 5.69 Å². The third kappa shape index (κ3) is 3.71. The number of pyridine rings is 1. The lowest BCUT2D eigenvalue weighted by molar-refractivity contribution is -0.119. The Morgan fingerprint density at radius 2 is 2.26 bits per heavy atom. The molecule has 0 aliphatic carbocycles. The molecule has 1 fully saturated rings. The van der Waals surface area contributed by atoms with Gasteiger partial charge in [-0.2, -0.15) is 5.10 Å². The summed E-state index contributed by atoms with van der Waals surface area (Å²) >= 11 is 6.21.